The average Bonchev–Trinajstić information content (AvgIpc) is 3.66. The predicted octanol–water partition coefficient (Wildman–Crippen LogP) is 5.61. The highest BCUT2D eigenvalue weighted by molar-refractivity contribution is 7.91. The molecule has 0 heterocycles. The summed E-state index contributed by atoms with van der Waals surface area (Å²) in [5.74, 6) is 0.0428. The highest BCUT2D eigenvalue weighted by atomic mass is 32.2. The number of rotatable bonds is 9. The van der Waals surface area contributed by atoms with Crippen LogP contribution in [0, 0.1) is 5.92 Å². The van der Waals surface area contributed by atoms with Crippen molar-refractivity contribution in [1.29, 1.82) is 0 Å². The van der Waals surface area contributed by atoms with Crippen LogP contribution in [0.3, 0.4) is 0 Å². The van der Waals surface area contributed by atoms with Crippen LogP contribution < -0.4 is 9.80 Å². The van der Waals surface area contributed by atoms with E-state index in [-0.39, 0.29) is 28.4 Å². The molecule has 1 aliphatic carbocycles. The van der Waals surface area contributed by atoms with E-state index in [1.54, 1.807) is 53.4 Å². The van der Waals surface area contributed by atoms with Crippen LogP contribution in [0.4, 0.5) is 17.1 Å². The Hall–Kier alpha value is -3.45. The molecule has 3 aromatic rings. The monoisotopic (exact) mass is 490 g/mol. The van der Waals surface area contributed by atoms with Crippen molar-refractivity contribution in [3.05, 3.63) is 84.4 Å². The van der Waals surface area contributed by atoms with Crippen LogP contribution in [-0.2, 0) is 14.6 Å². The number of hydrogen-bond donors (Lipinski definition) is 0. The summed E-state index contributed by atoms with van der Waals surface area (Å²) < 4.78 is 25.2. The lowest BCUT2D eigenvalue weighted by atomic mass is 10.1. The Morgan fingerprint density at radius 2 is 1.51 bits per heavy atom. The number of para-hydroxylation sites is 1. The fourth-order valence-corrected chi connectivity index (χ4v) is 5.82. The molecule has 0 atom stereocenters. The summed E-state index contributed by atoms with van der Waals surface area (Å²) in [5, 5.41) is 0. The van der Waals surface area contributed by atoms with Gasteiger partial charge in [-0.25, -0.2) is 8.42 Å². The van der Waals surface area contributed by atoms with Gasteiger partial charge in [-0.1, -0.05) is 31.2 Å². The number of hydrogen-bond acceptors (Lipinski definition) is 4. The van der Waals surface area contributed by atoms with Gasteiger partial charge >= 0.3 is 0 Å². The zero-order chi connectivity index (χ0) is 25.0. The molecule has 0 unspecified atom stereocenters. The largest absolute Gasteiger partial charge is 0.308 e. The van der Waals surface area contributed by atoms with E-state index in [1.807, 2.05) is 37.3 Å². The van der Waals surface area contributed by atoms with Crippen molar-refractivity contribution >= 4 is 38.7 Å². The lowest BCUT2D eigenvalue weighted by Gasteiger charge is -2.25. The first kappa shape index (κ1) is 24.7. The van der Waals surface area contributed by atoms with Crippen molar-refractivity contribution in [2.45, 2.75) is 38.0 Å². The first-order chi connectivity index (χ1) is 16.8. The van der Waals surface area contributed by atoms with Gasteiger partial charge in [-0.05, 0) is 79.8 Å². The fraction of sp³-hybridized carbons (Fsp3) is 0.286. The highest BCUT2D eigenvalue weighted by Crippen LogP contribution is 2.33. The molecular weight excluding hydrogens is 460 g/mol. The Morgan fingerprint density at radius 1 is 0.857 bits per heavy atom. The summed E-state index contributed by atoms with van der Waals surface area (Å²) in [6.07, 6.45) is 2.73. The molecule has 0 radical (unpaired) electrons. The molecule has 1 aliphatic rings. The maximum Gasteiger partial charge on any atom is 0.258 e. The molecule has 0 bridgehead atoms. The summed E-state index contributed by atoms with van der Waals surface area (Å²) in [6, 6.07) is 22.9. The van der Waals surface area contributed by atoms with E-state index in [0.29, 0.717) is 23.5 Å². The molecule has 6 nitrogen and oxygen atoms in total. The zero-order valence-electron chi connectivity index (χ0n) is 20.1. The van der Waals surface area contributed by atoms with Crippen molar-refractivity contribution in [3.63, 3.8) is 0 Å². The van der Waals surface area contributed by atoms with Gasteiger partial charge in [0.1, 0.15) is 0 Å². The van der Waals surface area contributed by atoms with Gasteiger partial charge in [-0.15, -0.1) is 0 Å². The number of carbonyl (C=O) groups excluding carboxylic acids is 2. The molecule has 3 aromatic carbocycles. The van der Waals surface area contributed by atoms with Crippen LogP contribution in [0.25, 0.3) is 0 Å². The summed E-state index contributed by atoms with van der Waals surface area (Å²) in [6.45, 7) is 4.03. The van der Waals surface area contributed by atoms with E-state index >= 15 is 0 Å². The van der Waals surface area contributed by atoms with Gasteiger partial charge in [-0.2, -0.15) is 0 Å². The van der Waals surface area contributed by atoms with E-state index in [4.69, 9.17) is 0 Å². The first-order valence-corrected chi connectivity index (χ1v) is 13.6. The van der Waals surface area contributed by atoms with Gasteiger partial charge in [0.25, 0.3) is 5.91 Å². The van der Waals surface area contributed by atoms with Gasteiger partial charge in [0, 0.05) is 36.1 Å². The number of nitrogens with zero attached hydrogens (tertiary/aromatic N) is 2. The minimum absolute atomic E-state index is 0.148. The van der Waals surface area contributed by atoms with Gasteiger partial charge in [0.2, 0.25) is 5.91 Å². The first-order valence-electron chi connectivity index (χ1n) is 11.9. The van der Waals surface area contributed by atoms with E-state index in [9.17, 15) is 18.0 Å². The molecule has 0 aliphatic heterocycles. The second-order valence-electron chi connectivity index (χ2n) is 8.92. The maximum absolute atomic E-state index is 13.4. The lowest BCUT2D eigenvalue weighted by Crippen LogP contribution is -2.32. The molecule has 2 amide bonds. The van der Waals surface area contributed by atoms with Crippen LogP contribution in [0.15, 0.2) is 83.8 Å². The summed E-state index contributed by atoms with van der Waals surface area (Å²) in [5.41, 5.74) is 2.37. The number of carbonyl (C=O) groups is 2. The van der Waals surface area contributed by atoms with Gasteiger partial charge in [-0.3, -0.25) is 14.5 Å². The SMILES string of the molecule is CCCN(C(=O)c1cccc(N(C(C)=O)c2ccc(S(=O)(=O)CC3CC3)cc2)c1)c1ccccc1. The summed E-state index contributed by atoms with van der Waals surface area (Å²) in [4.78, 5) is 29.5. The van der Waals surface area contributed by atoms with Gasteiger partial charge in [0.05, 0.1) is 10.6 Å². The smallest absolute Gasteiger partial charge is 0.258 e. The van der Waals surface area contributed by atoms with Crippen molar-refractivity contribution in [1.82, 2.24) is 0 Å². The van der Waals surface area contributed by atoms with Crippen LogP contribution in [0.1, 0.15) is 43.5 Å². The molecule has 4 rings (SSSR count). The summed E-state index contributed by atoms with van der Waals surface area (Å²) in [7, 11) is -3.34. The molecule has 0 N–H and O–H groups in total. The molecular formula is C28H30N2O4S. The molecule has 0 saturated heterocycles. The van der Waals surface area contributed by atoms with Crippen LogP contribution in [0.5, 0.6) is 0 Å². The second kappa shape index (κ2) is 10.4. The highest BCUT2D eigenvalue weighted by Gasteiger charge is 2.29. The van der Waals surface area contributed by atoms with E-state index in [1.165, 1.54) is 11.8 Å². The van der Waals surface area contributed by atoms with E-state index in [2.05, 4.69) is 0 Å². The minimum atomic E-state index is -3.34. The number of amides is 2. The van der Waals surface area contributed by atoms with Crippen LogP contribution >= 0.6 is 0 Å². The molecule has 182 valence electrons. The van der Waals surface area contributed by atoms with Crippen molar-refractivity contribution in [2.75, 3.05) is 22.1 Å². The molecule has 7 heteroatoms. The molecule has 35 heavy (non-hydrogen) atoms. The molecule has 0 aromatic heterocycles. The Bertz CT molecular complexity index is 1300. The Balaban J connectivity index is 1.63. The third-order valence-corrected chi connectivity index (χ3v) is 7.93. The Labute approximate surface area is 207 Å². The third-order valence-electron chi connectivity index (χ3n) is 6.03. The minimum Gasteiger partial charge on any atom is -0.308 e. The Morgan fingerprint density at radius 3 is 2.11 bits per heavy atom. The molecule has 1 fully saturated rings. The number of sulfone groups is 1. The van der Waals surface area contributed by atoms with Crippen LogP contribution in [0.2, 0.25) is 0 Å². The van der Waals surface area contributed by atoms with Gasteiger partial charge < -0.3 is 4.90 Å². The molecule has 0 spiro atoms. The van der Waals surface area contributed by atoms with E-state index in [0.717, 1.165) is 24.9 Å². The zero-order valence-corrected chi connectivity index (χ0v) is 20.9. The second-order valence-corrected chi connectivity index (χ2v) is 11.0. The van der Waals surface area contributed by atoms with Gasteiger partial charge in [0.15, 0.2) is 9.84 Å². The van der Waals surface area contributed by atoms with Crippen molar-refractivity contribution < 1.29 is 18.0 Å². The maximum atomic E-state index is 13.4. The van der Waals surface area contributed by atoms with Crippen LogP contribution in [-0.4, -0.2) is 32.5 Å². The number of benzene rings is 3. The Kier molecular flexibility index (Phi) is 7.36. The standard InChI is InChI=1S/C28H30N2O4S/c1-3-18-29(24-9-5-4-6-10-24)28(32)23-8-7-11-26(19-23)30(21(2)31)25-14-16-27(17-15-25)35(33,34)20-22-12-13-22/h4-11,14-17,19,22H,3,12-13,18,20H2,1-2H3. The molecule has 1 saturated carbocycles. The normalized spacial score (nSPS) is 13.3. The third kappa shape index (κ3) is 5.80. The van der Waals surface area contributed by atoms with Crippen molar-refractivity contribution in [3.8, 4) is 0 Å². The van der Waals surface area contributed by atoms with Crippen molar-refractivity contribution in [2.24, 2.45) is 5.92 Å². The van der Waals surface area contributed by atoms with E-state index < -0.39 is 9.84 Å². The number of anilines is 3. The average molecular weight is 491 g/mol. The summed E-state index contributed by atoms with van der Waals surface area (Å²) >= 11 is 0. The predicted molar refractivity (Wildman–Crippen MR) is 139 cm³/mol. The fourth-order valence-electron chi connectivity index (χ4n) is 4.12. The lowest BCUT2D eigenvalue weighted by molar-refractivity contribution is -0.115. The topological polar surface area (TPSA) is 74.8 Å². The quantitative estimate of drug-likeness (QED) is 0.391.